The standard InChI is InChI=1S/C20H18ClN3O3S/c21-14-8-10-16(11-9-14)26-13-18-22-23-20(27-18)28-17-7-4-12-24(19(17)25)15-5-2-1-3-6-15/h1-3,5-6,8-11,17H,4,7,12-13H2. The van der Waals surface area contributed by atoms with Crippen LogP contribution in [0.2, 0.25) is 5.02 Å². The molecule has 1 aliphatic rings. The van der Waals surface area contributed by atoms with Crippen molar-refractivity contribution in [1.82, 2.24) is 10.2 Å². The van der Waals surface area contributed by atoms with Crippen LogP contribution in [0.4, 0.5) is 5.69 Å². The summed E-state index contributed by atoms with van der Waals surface area (Å²) in [6.07, 6.45) is 1.71. The van der Waals surface area contributed by atoms with E-state index in [1.807, 2.05) is 35.2 Å². The molecule has 1 aromatic heterocycles. The summed E-state index contributed by atoms with van der Waals surface area (Å²) in [5.74, 6) is 1.10. The summed E-state index contributed by atoms with van der Waals surface area (Å²) in [4.78, 5) is 14.7. The van der Waals surface area contributed by atoms with Crippen LogP contribution >= 0.6 is 23.4 Å². The largest absolute Gasteiger partial charge is 0.484 e. The summed E-state index contributed by atoms with van der Waals surface area (Å²) in [6.45, 7) is 0.883. The Morgan fingerprint density at radius 2 is 1.93 bits per heavy atom. The van der Waals surface area contributed by atoms with Crippen LogP contribution in [0, 0.1) is 0 Å². The zero-order chi connectivity index (χ0) is 19.3. The maximum Gasteiger partial charge on any atom is 0.277 e. The van der Waals surface area contributed by atoms with Gasteiger partial charge in [-0.05, 0) is 49.2 Å². The third kappa shape index (κ3) is 4.48. The molecule has 28 heavy (non-hydrogen) atoms. The first-order valence-electron chi connectivity index (χ1n) is 8.93. The molecule has 1 amide bonds. The smallest absolute Gasteiger partial charge is 0.277 e. The fourth-order valence-electron chi connectivity index (χ4n) is 2.96. The van der Waals surface area contributed by atoms with Crippen LogP contribution < -0.4 is 9.64 Å². The van der Waals surface area contributed by atoms with E-state index in [1.165, 1.54) is 11.8 Å². The highest BCUT2D eigenvalue weighted by Crippen LogP contribution is 2.32. The number of hydrogen-bond acceptors (Lipinski definition) is 6. The molecule has 8 heteroatoms. The van der Waals surface area contributed by atoms with Gasteiger partial charge in [-0.1, -0.05) is 41.6 Å². The van der Waals surface area contributed by atoms with Crippen molar-refractivity contribution < 1.29 is 13.9 Å². The molecule has 3 aromatic rings. The van der Waals surface area contributed by atoms with Crippen LogP contribution in [0.25, 0.3) is 0 Å². The number of carbonyl (C=O) groups is 1. The summed E-state index contributed by atoms with van der Waals surface area (Å²) >= 11 is 7.17. The van der Waals surface area contributed by atoms with Gasteiger partial charge in [0.25, 0.3) is 11.1 Å². The lowest BCUT2D eigenvalue weighted by molar-refractivity contribution is -0.119. The highest BCUT2D eigenvalue weighted by Gasteiger charge is 2.31. The lowest BCUT2D eigenvalue weighted by Gasteiger charge is -2.31. The van der Waals surface area contributed by atoms with E-state index in [-0.39, 0.29) is 17.8 Å². The number of halogens is 1. The van der Waals surface area contributed by atoms with Crippen molar-refractivity contribution in [3.05, 3.63) is 65.5 Å². The number of hydrogen-bond donors (Lipinski definition) is 0. The molecule has 6 nitrogen and oxygen atoms in total. The summed E-state index contributed by atoms with van der Waals surface area (Å²) < 4.78 is 11.2. The number of benzene rings is 2. The quantitative estimate of drug-likeness (QED) is 0.586. The second-order valence-corrected chi connectivity index (χ2v) is 7.87. The molecule has 1 unspecified atom stereocenters. The van der Waals surface area contributed by atoms with Gasteiger partial charge < -0.3 is 14.1 Å². The van der Waals surface area contributed by atoms with E-state index < -0.39 is 0 Å². The number of para-hydroxylation sites is 1. The van der Waals surface area contributed by atoms with Crippen molar-refractivity contribution in [2.24, 2.45) is 0 Å². The number of rotatable bonds is 6. The zero-order valence-electron chi connectivity index (χ0n) is 15.0. The van der Waals surface area contributed by atoms with Crippen molar-refractivity contribution in [3.63, 3.8) is 0 Å². The van der Waals surface area contributed by atoms with E-state index in [0.717, 1.165) is 25.1 Å². The molecule has 0 aliphatic carbocycles. The third-order valence-corrected chi connectivity index (χ3v) is 5.67. The Bertz CT molecular complexity index is 933. The fraction of sp³-hybridized carbons (Fsp3) is 0.250. The zero-order valence-corrected chi connectivity index (χ0v) is 16.5. The predicted molar refractivity (Wildman–Crippen MR) is 108 cm³/mol. The Hall–Kier alpha value is -2.51. The van der Waals surface area contributed by atoms with E-state index in [0.29, 0.717) is 21.9 Å². The van der Waals surface area contributed by atoms with Gasteiger partial charge in [0, 0.05) is 17.3 Å². The number of carbonyl (C=O) groups excluding carboxylic acids is 1. The molecular weight excluding hydrogens is 398 g/mol. The molecule has 2 heterocycles. The third-order valence-electron chi connectivity index (χ3n) is 4.32. The fourth-order valence-corrected chi connectivity index (χ4v) is 4.07. The SMILES string of the molecule is O=C1C(Sc2nnc(COc3ccc(Cl)cc3)o2)CCCN1c1ccccc1. The van der Waals surface area contributed by atoms with Crippen LogP contribution in [0.3, 0.4) is 0 Å². The minimum absolute atomic E-state index is 0.0691. The summed E-state index contributed by atoms with van der Waals surface area (Å²) in [5, 5.41) is 8.83. The maximum atomic E-state index is 12.9. The molecule has 144 valence electrons. The molecule has 1 atom stereocenters. The van der Waals surface area contributed by atoms with E-state index in [1.54, 1.807) is 24.3 Å². The van der Waals surface area contributed by atoms with Gasteiger partial charge in [-0.15, -0.1) is 10.2 Å². The minimum Gasteiger partial charge on any atom is -0.484 e. The van der Waals surface area contributed by atoms with Gasteiger partial charge in [0.1, 0.15) is 5.75 Å². The van der Waals surface area contributed by atoms with Gasteiger partial charge in [-0.2, -0.15) is 0 Å². The molecule has 1 fully saturated rings. The van der Waals surface area contributed by atoms with Crippen molar-refractivity contribution in [2.75, 3.05) is 11.4 Å². The number of piperidine rings is 1. The Balaban J connectivity index is 1.36. The van der Waals surface area contributed by atoms with Crippen LogP contribution in [0.15, 0.2) is 64.2 Å². The number of aromatic nitrogens is 2. The van der Waals surface area contributed by atoms with Crippen molar-refractivity contribution >= 4 is 35.0 Å². The lowest BCUT2D eigenvalue weighted by atomic mass is 10.1. The Morgan fingerprint density at radius 1 is 1.14 bits per heavy atom. The second kappa shape index (κ2) is 8.67. The molecule has 0 bridgehead atoms. The van der Waals surface area contributed by atoms with Crippen molar-refractivity contribution in [1.29, 1.82) is 0 Å². The number of ether oxygens (including phenoxy) is 1. The molecular formula is C20H18ClN3O3S. The summed E-state index contributed by atoms with van der Waals surface area (Å²) in [6, 6.07) is 16.7. The normalized spacial score (nSPS) is 17.0. The molecule has 2 aromatic carbocycles. The topological polar surface area (TPSA) is 68.5 Å². The average molecular weight is 416 g/mol. The van der Waals surface area contributed by atoms with E-state index >= 15 is 0 Å². The van der Waals surface area contributed by atoms with Crippen molar-refractivity contribution in [2.45, 2.75) is 29.9 Å². The number of amides is 1. The van der Waals surface area contributed by atoms with Gasteiger partial charge in [0.2, 0.25) is 5.91 Å². The number of anilines is 1. The van der Waals surface area contributed by atoms with Crippen LogP contribution in [-0.2, 0) is 11.4 Å². The van der Waals surface area contributed by atoms with Gasteiger partial charge in [-0.25, -0.2) is 0 Å². The van der Waals surface area contributed by atoms with Crippen LogP contribution in [-0.4, -0.2) is 27.9 Å². The molecule has 0 saturated carbocycles. The molecule has 1 aliphatic heterocycles. The molecule has 1 saturated heterocycles. The number of nitrogens with zero attached hydrogens (tertiary/aromatic N) is 3. The van der Waals surface area contributed by atoms with Gasteiger partial charge in [0.05, 0.1) is 5.25 Å². The van der Waals surface area contributed by atoms with Crippen LogP contribution in [0.5, 0.6) is 5.75 Å². The van der Waals surface area contributed by atoms with Crippen LogP contribution in [0.1, 0.15) is 18.7 Å². The molecule has 0 spiro atoms. The molecule has 0 N–H and O–H groups in total. The van der Waals surface area contributed by atoms with E-state index in [2.05, 4.69) is 10.2 Å². The predicted octanol–water partition coefficient (Wildman–Crippen LogP) is 4.59. The summed E-state index contributed by atoms with van der Waals surface area (Å²) in [5.41, 5.74) is 0.917. The molecule has 4 rings (SSSR count). The van der Waals surface area contributed by atoms with E-state index in [9.17, 15) is 4.79 Å². The average Bonchev–Trinajstić information content (AvgIpc) is 3.17. The van der Waals surface area contributed by atoms with Gasteiger partial charge >= 0.3 is 0 Å². The second-order valence-electron chi connectivity index (χ2n) is 6.28. The monoisotopic (exact) mass is 415 g/mol. The maximum absolute atomic E-state index is 12.9. The first-order chi connectivity index (χ1) is 13.7. The van der Waals surface area contributed by atoms with Gasteiger partial charge in [0.15, 0.2) is 6.61 Å². The summed E-state index contributed by atoms with van der Waals surface area (Å²) in [7, 11) is 0. The van der Waals surface area contributed by atoms with Gasteiger partial charge in [-0.3, -0.25) is 4.79 Å². The Morgan fingerprint density at radius 3 is 2.71 bits per heavy atom. The Labute approximate surface area is 171 Å². The first-order valence-corrected chi connectivity index (χ1v) is 10.2. The highest BCUT2D eigenvalue weighted by molar-refractivity contribution is 8.00. The minimum atomic E-state index is -0.237. The Kier molecular flexibility index (Phi) is 5.83. The van der Waals surface area contributed by atoms with E-state index in [4.69, 9.17) is 20.8 Å². The van der Waals surface area contributed by atoms with Crippen molar-refractivity contribution in [3.8, 4) is 5.75 Å². The number of thioether (sulfide) groups is 1. The lowest BCUT2D eigenvalue weighted by Crippen LogP contribution is -2.42. The molecule has 0 radical (unpaired) electrons. The highest BCUT2D eigenvalue weighted by atomic mass is 35.5. The first kappa shape index (κ1) is 18.8.